The van der Waals surface area contributed by atoms with Gasteiger partial charge in [-0.25, -0.2) is 4.98 Å². The van der Waals surface area contributed by atoms with Crippen LogP contribution in [-0.4, -0.2) is 64.4 Å². The lowest BCUT2D eigenvalue weighted by molar-refractivity contribution is 0.296. The molecule has 0 aromatic carbocycles. The first kappa shape index (κ1) is 16.0. The van der Waals surface area contributed by atoms with Crippen molar-refractivity contribution in [1.82, 2.24) is 28.8 Å². The van der Waals surface area contributed by atoms with Crippen LogP contribution in [-0.2, 0) is 10.2 Å². The molecule has 9 heteroatoms. The Morgan fingerprint density at radius 3 is 2.83 bits per heavy atom. The van der Waals surface area contributed by atoms with Crippen molar-refractivity contribution in [2.45, 2.75) is 18.8 Å². The highest BCUT2D eigenvalue weighted by atomic mass is 32.2. The van der Waals surface area contributed by atoms with Gasteiger partial charge in [0.25, 0.3) is 10.2 Å². The van der Waals surface area contributed by atoms with Gasteiger partial charge in [-0.15, -0.1) is 0 Å². The first-order chi connectivity index (χ1) is 11.0. The molecule has 1 atom stereocenters. The minimum Gasteiger partial charge on any atom is -0.285 e. The first-order valence-corrected chi connectivity index (χ1v) is 8.87. The van der Waals surface area contributed by atoms with Crippen LogP contribution >= 0.6 is 0 Å². The maximum Gasteiger partial charge on any atom is 0.281 e. The third-order valence-corrected chi connectivity index (χ3v) is 5.94. The molecule has 3 heterocycles. The second kappa shape index (κ2) is 6.34. The number of hydrogen-bond donors (Lipinski definition) is 1. The van der Waals surface area contributed by atoms with Crippen LogP contribution in [0.2, 0.25) is 0 Å². The van der Waals surface area contributed by atoms with Crippen LogP contribution in [0.1, 0.15) is 24.5 Å². The third-order valence-electron chi connectivity index (χ3n) is 4.04. The lowest BCUT2D eigenvalue weighted by Gasteiger charge is -2.33. The van der Waals surface area contributed by atoms with Crippen molar-refractivity contribution in [3.05, 3.63) is 30.5 Å². The molecule has 0 radical (unpaired) electrons. The van der Waals surface area contributed by atoms with E-state index < -0.39 is 10.2 Å². The van der Waals surface area contributed by atoms with Crippen LogP contribution < -0.4 is 0 Å². The zero-order valence-electron chi connectivity index (χ0n) is 13.2. The molecule has 1 fully saturated rings. The van der Waals surface area contributed by atoms with Gasteiger partial charge in [0.2, 0.25) is 0 Å². The zero-order chi connectivity index (χ0) is 16.4. The van der Waals surface area contributed by atoms with E-state index in [4.69, 9.17) is 0 Å². The molecule has 1 unspecified atom stereocenters. The fourth-order valence-corrected chi connectivity index (χ4v) is 3.92. The van der Waals surface area contributed by atoms with Crippen molar-refractivity contribution in [3.63, 3.8) is 0 Å². The van der Waals surface area contributed by atoms with Gasteiger partial charge in [0, 0.05) is 51.1 Å². The van der Waals surface area contributed by atoms with Crippen molar-refractivity contribution >= 4 is 10.2 Å². The Hall–Kier alpha value is -1.84. The number of rotatable bonds is 4. The fourth-order valence-electron chi connectivity index (χ4n) is 2.73. The van der Waals surface area contributed by atoms with Gasteiger partial charge in [0.15, 0.2) is 0 Å². The minimum atomic E-state index is -3.39. The molecule has 1 aliphatic rings. The zero-order valence-corrected chi connectivity index (χ0v) is 14.0. The molecule has 23 heavy (non-hydrogen) atoms. The Morgan fingerprint density at radius 2 is 2.13 bits per heavy atom. The molecule has 2 aromatic rings. The van der Waals surface area contributed by atoms with Crippen LogP contribution in [0.3, 0.4) is 0 Å². The number of H-pyrrole nitrogens is 1. The Bertz CT molecular complexity index is 759. The summed E-state index contributed by atoms with van der Waals surface area (Å²) in [5, 5.41) is 6.67. The van der Waals surface area contributed by atoms with Crippen LogP contribution in [0.4, 0.5) is 0 Å². The topological polar surface area (TPSA) is 95.1 Å². The number of nitrogens with zero attached hydrogens (tertiary/aromatic N) is 5. The van der Waals surface area contributed by atoms with Crippen LogP contribution in [0.5, 0.6) is 0 Å². The molecular formula is C14H20N6O2S. The maximum absolute atomic E-state index is 12.3. The molecule has 0 saturated carbocycles. The number of hydrogen-bond acceptors (Lipinski definition) is 5. The van der Waals surface area contributed by atoms with E-state index in [1.54, 1.807) is 38.9 Å². The van der Waals surface area contributed by atoms with E-state index in [-0.39, 0.29) is 5.92 Å². The molecular weight excluding hydrogens is 316 g/mol. The highest BCUT2D eigenvalue weighted by Gasteiger charge is 2.31. The van der Waals surface area contributed by atoms with Crippen LogP contribution in [0.15, 0.2) is 24.8 Å². The summed E-state index contributed by atoms with van der Waals surface area (Å²) in [7, 11) is -0.283. The van der Waals surface area contributed by atoms with Gasteiger partial charge in [0.1, 0.15) is 0 Å². The maximum atomic E-state index is 12.3. The van der Waals surface area contributed by atoms with Gasteiger partial charge in [0.05, 0.1) is 23.8 Å². The van der Waals surface area contributed by atoms with Gasteiger partial charge >= 0.3 is 0 Å². The molecule has 1 aliphatic heterocycles. The average Bonchev–Trinajstić information content (AvgIpc) is 3.09. The predicted molar refractivity (Wildman–Crippen MR) is 85.8 cm³/mol. The normalized spacial score (nSPS) is 20.0. The summed E-state index contributed by atoms with van der Waals surface area (Å²) in [6, 6.07) is 0. The van der Waals surface area contributed by atoms with E-state index in [2.05, 4.69) is 20.2 Å². The Morgan fingerprint density at radius 1 is 1.30 bits per heavy atom. The first-order valence-electron chi connectivity index (χ1n) is 7.47. The van der Waals surface area contributed by atoms with Crippen molar-refractivity contribution in [2.75, 3.05) is 27.2 Å². The molecule has 3 rings (SSSR count). The highest BCUT2D eigenvalue weighted by Crippen LogP contribution is 2.28. The number of aromatic nitrogens is 4. The van der Waals surface area contributed by atoms with E-state index in [1.807, 2.05) is 0 Å². The van der Waals surface area contributed by atoms with Crippen LogP contribution in [0, 0.1) is 0 Å². The van der Waals surface area contributed by atoms with Crippen LogP contribution in [0.25, 0.3) is 11.3 Å². The van der Waals surface area contributed by atoms with Crippen molar-refractivity contribution in [2.24, 2.45) is 0 Å². The van der Waals surface area contributed by atoms with E-state index in [1.165, 1.54) is 8.61 Å². The lowest BCUT2D eigenvalue weighted by Crippen LogP contribution is -2.45. The van der Waals surface area contributed by atoms with Gasteiger partial charge in [-0.3, -0.25) is 10.1 Å². The van der Waals surface area contributed by atoms with E-state index >= 15 is 0 Å². The molecule has 8 nitrogen and oxygen atoms in total. The summed E-state index contributed by atoms with van der Waals surface area (Å²) in [5.74, 6) is 0.0535. The lowest BCUT2D eigenvalue weighted by atomic mass is 9.96. The fraction of sp³-hybridized carbons (Fsp3) is 0.500. The van der Waals surface area contributed by atoms with Crippen molar-refractivity contribution in [1.29, 1.82) is 0 Å². The monoisotopic (exact) mass is 336 g/mol. The van der Waals surface area contributed by atoms with Gasteiger partial charge < -0.3 is 0 Å². The second-order valence-corrected chi connectivity index (χ2v) is 7.95. The van der Waals surface area contributed by atoms with Gasteiger partial charge in [-0.05, 0) is 12.8 Å². The molecule has 0 bridgehead atoms. The number of aromatic amines is 1. The molecule has 0 spiro atoms. The van der Waals surface area contributed by atoms with Gasteiger partial charge in [-0.2, -0.15) is 22.1 Å². The standard InChI is InChI=1S/C14H20N6O2S/c1-19(2)23(21,22)20-5-3-4-11(10-20)13-8-15-9-14(18-13)12-6-16-17-7-12/h6-9,11H,3-5,10H2,1-2H3,(H,16,17). The predicted octanol–water partition coefficient (Wildman–Crippen LogP) is 0.852. The Balaban J connectivity index is 1.83. The largest absolute Gasteiger partial charge is 0.285 e. The number of nitrogens with one attached hydrogen (secondary N) is 1. The summed E-state index contributed by atoms with van der Waals surface area (Å²) in [4.78, 5) is 8.90. The summed E-state index contributed by atoms with van der Waals surface area (Å²) in [6.07, 6.45) is 8.58. The molecule has 0 aliphatic carbocycles. The number of piperidine rings is 1. The Kier molecular flexibility index (Phi) is 4.42. The summed E-state index contributed by atoms with van der Waals surface area (Å²) >= 11 is 0. The van der Waals surface area contributed by atoms with Crippen molar-refractivity contribution in [3.8, 4) is 11.3 Å². The van der Waals surface area contributed by atoms with Gasteiger partial charge in [-0.1, -0.05) is 0 Å². The van der Waals surface area contributed by atoms with E-state index in [0.717, 1.165) is 29.8 Å². The SMILES string of the molecule is CN(C)S(=O)(=O)N1CCCC(c2cncc(-c3cn[nH]c3)n2)C1. The summed E-state index contributed by atoms with van der Waals surface area (Å²) in [6.45, 7) is 0.982. The third kappa shape index (κ3) is 3.26. The second-order valence-electron chi connectivity index (χ2n) is 5.80. The molecule has 1 saturated heterocycles. The average molecular weight is 336 g/mol. The summed E-state index contributed by atoms with van der Waals surface area (Å²) < 4.78 is 27.4. The molecule has 2 aromatic heterocycles. The van der Waals surface area contributed by atoms with E-state index in [9.17, 15) is 8.42 Å². The molecule has 0 amide bonds. The molecule has 1 N–H and O–H groups in total. The quantitative estimate of drug-likeness (QED) is 0.893. The Labute approximate surface area is 135 Å². The summed E-state index contributed by atoms with van der Waals surface area (Å²) in [5.41, 5.74) is 2.43. The minimum absolute atomic E-state index is 0.0535. The van der Waals surface area contributed by atoms with Crippen molar-refractivity contribution < 1.29 is 8.42 Å². The van der Waals surface area contributed by atoms with E-state index in [0.29, 0.717) is 13.1 Å². The smallest absolute Gasteiger partial charge is 0.281 e. The highest BCUT2D eigenvalue weighted by molar-refractivity contribution is 7.86. The molecule has 124 valence electrons.